The summed E-state index contributed by atoms with van der Waals surface area (Å²) in [5.41, 5.74) is 0.570. The van der Waals surface area contributed by atoms with Crippen LogP contribution in [-0.2, 0) is 10.0 Å². The van der Waals surface area contributed by atoms with Crippen molar-refractivity contribution < 1.29 is 8.42 Å². The topological polar surface area (TPSA) is 96.0 Å². The maximum atomic E-state index is 12.0. The number of aromatic nitrogens is 2. The summed E-state index contributed by atoms with van der Waals surface area (Å²) in [6.45, 7) is 2.46. The molecule has 0 spiro atoms. The molecule has 2 aromatic rings. The number of nitrogens with zero attached hydrogens (tertiary/aromatic N) is 2. The van der Waals surface area contributed by atoms with E-state index in [1.807, 2.05) is 6.92 Å². The normalized spacial score (nSPS) is 11.4. The van der Waals surface area contributed by atoms with Crippen molar-refractivity contribution in [3.05, 3.63) is 28.5 Å². The first-order valence-corrected chi connectivity index (χ1v) is 9.10. The number of hydrogen-bond donors (Lipinski definition) is 3. The second kappa shape index (κ2) is 7.23. The van der Waals surface area contributed by atoms with E-state index in [1.165, 1.54) is 17.7 Å². The third kappa shape index (κ3) is 4.07. The Bertz CT molecular complexity index is 748. The predicted molar refractivity (Wildman–Crippen MR) is 89.3 cm³/mol. The zero-order chi connectivity index (χ0) is 16.2. The Morgan fingerprint density at radius 1 is 1.27 bits per heavy atom. The fourth-order valence-electron chi connectivity index (χ4n) is 1.71. The van der Waals surface area contributed by atoms with Crippen molar-refractivity contribution in [1.82, 2.24) is 14.7 Å². The zero-order valence-electron chi connectivity index (χ0n) is 12.1. The molecular formula is C12H16ClN5O2S2. The van der Waals surface area contributed by atoms with Crippen LogP contribution in [0, 0.1) is 6.92 Å². The van der Waals surface area contributed by atoms with E-state index < -0.39 is 10.0 Å². The van der Waals surface area contributed by atoms with Crippen molar-refractivity contribution in [1.29, 1.82) is 0 Å². The van der Waals surface area contributed by atoms with Crippen LogP contribution in [0.3, 0.4) is 0 Å². The van der Waals surface area contributed by atoms with Gasteiger partial charge >= 0.3 is 0 Å². The molecule has 0 aliphatic carbocycles. The van der Waals surface area contributed by atoms with E-state index in [1.54, 1.807) is 19.2 Å². The van der Waals surface area contributed by atoms with E-state index >= 15 is 0 Å². The maximum Gasteiger partial charge on any atom is 0.250 e. The third-order valence-electron chi connectivity index (χ3n) is 2.74. The minimum absolute atomic E-state index is 0.226. The highest BCUT2D eigenvalue weighted by molar-refractivity contribution is 7.91. The molecular weight excluding hydrogens is 346 g/mol. The van der Waals surface area contributed by atoms with Crippen LogP contribution < -0.4 is 15.4 Å². The Balaban J connectivity index is 1.91. The summed E-state index contributed by atoms with van der Waals surface area (Å²) in [4.78, 5) is 8.87. The van der Waals surface area contributed by atoms with Crippen LogP contribution >= 0.6 is 22.9 Å². The van der Waals surface area contributed by atoms with Gasteiger partial charge in [0.1, 0.15) is 16.2 Å². The Morgan fingerprint density at radius 3 is 2.68 bits per heavy atom. The van der Waals surface area contributed by atoms with Crippen LogP contribution in [0.4, 0.5) is 11.5 Å². The number of rotatable bonds is 7. The molecule has 22 heavy (non-hydrogen) atoms. The lowest BCUT2D eigenvalue weighted by molar-refractivity contribution is 0.585. The van der Waals surface area contributed by atoms with Gasteiger partial charge in [-0.1, -0.05) is 11.6 Å². The molecule has 7 nitrogen and oxygen atoms in total. The third-order valence-corrected chi connectivity index (χ3v) is 5.98. The average Bonchev–Trinajstić information content (AvgIpc) is 2.91. The molecule has 2 aromatic heterocycles. The highest BCUT2D eigenvalue weighted by atomic mass is 35.5. The van der Waals surface area contributed by atoms with Crippen LogP contribution in [0.5, 0.6) is 0 Å². The maximum absolute atomic E-state index is 12.0. The summed E-state index contributed by atoms with van der Waals surface area (Å²) in [6, 6.07) is 3.37. The van der Waals surface area contributed by atoms with Gasteiger partial charge in [-0.25, -0.2) is 23.1 Å². The summed E-state index contributed by atoms with van der Waals surface area (Å²) in [5.74, 6) is 0.522. The molecule has 0 aliphatic heterocycles. The van der Waals surface area contributed by atoms with Crippen LogP contribution in [0.15, 0.2) is 22.7 Å². The molecule has 0 aromatic carbocycles. The molecule has 120 valence electrons. The van der Waals surface area contributed by atoms with E-state index in [2.05, 4.69) is 25.3 Å². The number of nitrogens with one attached hydrogen (secondary N) is 3. The number of anilines is 2. The number of aryl methyl sites for hydroxylation is 1. The van der Waals surface area contributed by atoms with Gasteiger partial charge in [0.05, 0.1) is 0 Å². The van der Waals surface area contributed by atoms with Crippen molar-refractivity contribution in [2.24, 2.45) is 0 Å². The minimum atomic E-state index is -3.46. The molecule has 0 bridgehead atoms. The quantitative estimate of drug-likeness (QED) is 0.515. The lowest BCUT2D eigenvalue weighted by Crippen LogP contribution is -2.28. The van der Waals surface area contributed by atoms with Crippen molar-refractivity contribution >= 4 is 44.5 Å². The first-order valence-electron chi connectivity index (χ1n) is 6.42. The largest absolute Gasteiger partial charge is 0.383 e. The van der Waals surface area contributed by atoms with Gasteiger partial charge in [-0.2, -0.15) is 0 Å². The van der Waals surface area contributed by atoms with Crippen molar-refractivity contribution in [3.8, 4) is 0 Å². The first kappa shape index (κ1) is 16.9. The number of hydrogen-bond acceptors (Lipinski definition) is 7. The van der Waals surface area contributed by atoms with Crippen molar-refractivity contribution in [2.75, 3.05) is 30.8 Å². The molecule has 0 fully saturated rings. The van der Waals surface area contributed by atoms with Gasteiger partial charge in [-0.3, -0.25) is 0 Å². The molecule has 0 aliphatic rings. The highest BCUT2D eigenvalue weighted by Crippen LogP contribution is 2.25. The van der Waals surface area contributed by atoms with E-state index in [-0.39, 0.29) is 6.54 Å². The number of sulfonamides is 1. The van der Waals surface area contributed by atoms with Gasteiger partial charge in [0.25, 0.3) is 0 Å². The molecule has 0 unspecified atom stereocenters. The zero-order valence-corrected chi connectivity index (χ0v) is 14.4. The minimum Gasteiger partial charge on any atom is -0.383 e. The lowest BCUT2D eigenvalue weighted by atomic mass is 10.4. The van der Waals surface area contributed by atoms with Crippen LogP contribution in [0.2, 0.25) is 5.15 Å². The number of halogens is 1. The lowest BCUT2D eigenvalue weighted by Gasteiger charge is -2.11. The molecule has 10 heteroatoms. The summed E-state index contributed by atoms with van der Waals surface area (Å²) >= 11 is 7.17. The molecule has 0 amide bonds. The standard InChI is InChI=1S/C12H16ClN5O2S2/c1-8-3-4-9(21-8)22(19,20)18-6-5-15-12-10(14-2)11(13)16-7-17-12/h3-4,7,14,18H,5-6H2,1-2H3,(H,15,16,17). The number of thiophene rings is 1. The Labute approximate surface area is 138 Å². The molecule has 2 rings (SSSR count). The van der Waals surface area contributed by atoms with E-state index in [9.17, 15) is 8.42 Å². The SMILES string of the molecule is CNc1c(Cl)ncnc1NCCNS(=O)(=O)c1ccc(C)s1. The highest BCUT2D eigenvalue weighted by Gasteiger charge is 2.15. The second-order valence-corrected chi connectivity index (χ2v) is 7.97. The van der Waals surface area contributed by atoms with Crippen molar-refractivity contribution in [3.63, 3.8) is 0 Å². The van der Waals surface area contributed by atoms with Crippen LogP contribution in [0.1, 0.15) is 4.88 Å². The first-order chi connectivity index (χ1) is 10.4. The fourth-order valence-corrected chi connectivity index (χ4v) is 4.30. The Morgan fingerprint density at radius 2 is 2.05 bits per heavy atom. The van der Waals surface area contributed by atoms with Crippen LogP contribution in [-0.4, -0.2) is 38.5 Å². The van der Waals surface area contributed by atoms with E-state index in [4.69, 9.17) is 11.6 Å². The molecule has 0 atom stereocenters. The van der Waals surface area contributed by atoms with Gasteiger partial charge in [-0.05, 0) is 19.1 Å². The van der Waals surface area contributed by atoms with Gasteiger partial charge in [-0.15, -0.1) is 11.3 Å². The van der Waals surface area contributed by atoms with Gasteiger partial charge in [0, 0.05) is 25.0 Å². The smallest absolute Gasteiger partial charge is 0.250 e. The van der Waals surface area contributed by atoms with Crippen LogP contribution in [0.25, 0.3) is 0 Å². The summed E-state index contributed by atoms with van der Waals surface area (Å²) in [5, 5.41) is 6.21. The average molecular weight is 362 g/mol. The summed E-state index contributed by atoms with van der Waals surface area (Å²) in [7, 11) is -1.76. The second-order valence-electron chi connectivity index (χ2n) is 4.33. The van der Waals surface area contributed by atoms with Gasteiger partial charge in [0.15, 0.2) is 11.0 Å². The summed E-state index contributed by atoms with van der Waals surface area (Å²) < 4.78 is 26.9. The predicted octanol–water partition coefficient (Wildman–Crippen LogP) is 1.93. The van der Waals surface area contributed by atoms with Gasteiger partial charge < -0.3 is 10.6 Å². The fraction of sp³-hybridized carbons (Fsp3) is 0.333. The Kier molecular flexibility index (Phi) is 5.57. The Hall–Kier alpha value is -1.42. The van der Waals surface area contributed by atoms with Gasteiger partial charge in [0.2, 0.25) is 10.0 Å². The monoisotopic (exact) mass is 361 g/mol. The molecule has 0 radical (unpaired) electrons. The molecule has 0 saturated carbocycles. The summed E-state index contributed by atoms with van der Waals surface area (Å²) in [6.07, 6.45) is 1.34. The molecule has 3 N–H and O–H groups in total. The van der Waals surface area contributed by atoms with E-state index in [0.29, 0.717) is 27.4 Å². The molecule has 2 heterocycles. The van der Waals surface area contributed by atoms with Crippen molar-refractivity contribution in [2.45, 2.75) is 11.1 Å². The van der Waals surface area contributed by atoms with E-state index in [0.717, 1.165) is 4.88 Å². The molecule has 0 saturated heterocycles.